The summed E-state index contributed by atoms with van der Waals surface area (Å²) in [6.45, 7) is 1.47. The molecule has 2 aliphatic rings. The maximum absolute atomic E-state index is 12.9. The number of hydrogen-bond donors (Lipinski definition) is 2. The number of rotatable bonds is 4. The molecule has 1 aliphatic heterocycles. The first kappa shape index (κ1) is 21.5. The van der Waals surface area contributed by atoms with Crippen molar-refractivity contribution >= 4 is 50.3 Å². The molecular weight excluding hydrogens is 442 g/mol. The van der Waals surface area contributed by atoms with Crippen molar-refractivity contribution < 1.29 is 13.2 Å². The van der Waals surface area contributed by atoms with Gasteiger partial charge in [0.25, 0.3) is 0 Å². The number of morpholine rings is 1. The van der Waals surface area contributed by atoms with Crippen LogP contribution in [0.3, 0.4) is 0 Å². The first-order valence-electron chi connectivity index (χ1n) is 10.0. The van der Waals surface area contributed by atoms with E-state index in [-0.39, 0.29) is 4.90 Å². The van der Waals surface area contributed by atoms with Crippen molar-refractivity contribution in [2.45, 2.75) is 30.6 Å². The molecular formula is C21H24ClN3O3S2. The second-order valence-corrected chi connectivity index (χ2v) is 10.1. The third-order valence-electron chi connectivity index (χ3n) is 5.44. The van der Waals surface area contributed by atoms with E-state index in [0.717, 1.165) is 18.5 Å². The van der Waals surface area contributed by atoms with Crippen molar-refractivity contribution in [3.05, 3.63) is 52.5 Å². The molecule has 1 fully saturated rings. The smallest absolute Gasteiger partial charge is 0.243 e. The maximum Gasteiger partial charge on any atom is 0.243 e. The summed E-state index contributed by atoms with van der Waals surface area (Å²) in [4.78, 5) is 0.177. The zero-order valence-electron chi connectivity index (χ0n) is 16.5. The minimum Gasteiger partial charge on any atom is -0.379 e. The standard InChI is InChI=1S/C21H24ClN3O3S2/c22-18-9-8-16(30(26,27)25-10-12-28-13-11-25)14-20(18)24-21(29)23-19-7-3-5-15-4-1-2-6-17(15)19/h3,5,7-9,14H,1-2,4,6,10-13H2,(H2,23,24,29). The van der Waals surface area contributed by atoms with Gasteiger partial charge in [0, 0.05) is 18.8 Å². The minimum absolute atomic E-state index is 0.177. The number of ether oxygens (including phenoxy) is 1. The van der Waals surface area contributed by atoms with Gasteiger partial charge in [-0.15, -0.1) is 0 Å². The lowest BCUT2D eigenvalue weighted by Gasteiger charge is -2.26. The molecule has 2 aromatic rings. The first-order chi connectivity index (χ1) is 14.4. The third-order valence-corrected chi connectivity index (χ3v) is 7.87. The van der Waals surface area contributed by atoms with Gasteiger partial charge in [0.1, 0.15) is 0 Å². The average Bonchev–Trinajstić information content (AvgIpc) is 2.76. The van der Waals surface area contributed by atoms with Crippen LogP contribution in [-0.4, -0.2) is 44.1 Å². The molecule has 1 heterocycles. The van der Waals surface area contributed by atoms with Gasteiger partial charge in [0.15, 0.2) is 5.11 Å². The second-order valence-electron chi connectivity index (χ2n) is 7.39. The van der Waals surface area contributed by atoms with E-state index in [2.05, 4.69) is 16.7 Å². The number of sulfonamides is 1. The van der Waals surface area contributed by atoms with Crippen LogP contribution in [0, 0.1) is 0 Å². The van der Waals surface area contributed by atoms with E-state index < -0.39 is 10.0 Å². The lowest BCUT2D eigenvalue weighted by atomic mass is 9.90. The second kappa shape index (κ2) is 9.20. The van der Waals surface area contributed by atoms with E-state index in [9.17, 15) is 8.42 Å². The van der Waals surface area contributed by atoms with Crippen molar-refractivity contribution in [2.24, 2.45) is 0 Å². The zero-order chi connectivity index (χ0) is 21.1. The van der Waals surface area contributed by atoms with Crippen LogP contribution in [0.5, 0.6) is 0 Å². The summed E-state index contributed by atoms with van der Waals surface area (Å²) in [6, 6.07) is 10.8. The van der Waals surface area contributed by atoms with Crippen LogP contribution in [0.2, 0.25) is 5.02 Å². The molecule has 1 aliphatic carbocycles. The fourth-order valence-corrected chi connectivity index (χ4v) is 5.69. The number of fused-ring (bicyclic) bond motifs is 1. The molecule has 1 saturated heterocycles. The molecule has 0 amide bonds. The van der Waals surface area contributed by atoms with Crippen LogP contribution < -0.4 is 10.6 Å². The van der Waals surface area contributed by atoms with Crippen LogP contribution in [0.4, 0.5) is 11.4 Å². The Hall–Kier alpha value is -1.71. The fraction of sp³-hybridized carbons (Fsp3) is 0.381. The Balaban J connectivity index is 1.52. The van der Waals surface area contributed by atoms with E-state index in [1.54, 1.807) is 6.07 Å². The molecule has 0 unspecified atom stereocenters. The first-order valence-corrected chi connectivity index (χ1v) is 12.2. The molecule has 2 N–H and O–H groups in total. The highest BCUT2D eigenvalue weighted by Crippen LogP contribution is 2.30. The molecule has 9 heteroatoms. The van der Waals surface area contributed by atoms with Crippen molar-refractivity contribution in [3.8, 4) is 0 Å². The Morgan fingerprint density at radius 2 is 1.77 bits per heavy atom. The van der Waals surface area contributed by atoms with Gasteiger partial charge in [-0.2, -0.15) is 4.31 Å². The molecule has 0 aromatic heterocycles. The van der Waals surface area contributed by atoms with Gasteiger partial charge in [0.05, 0.1) is 28.8 Å². The van der Waals surface area contributed by atoms with E-state index in [4.69, 9.17) is 28.6 Å². The zero-order valence-corrected chi connectivity index (χ0v) is 18.9. The predicted octanol–water partition coefficient (Wildman–Crippen LogP) is 4.05. The highest BCUT2D eigenvalue weighted by molar-refractivity contribution is 7.89. The summed E-state index contributed by atoms with van der Waals surface area (Å²) in [6.07, 6.45) is 4.48. The molecule has 160 valence electrons. The number of aryl methyl sites for hydroxylation is 1. The van der Waals surface area contributed by atoms with Crippen molar-refractivity contribution in [1.82, 2.24) is 4.31 Å². The van der Waals surface area contributed by atoms with E-state index >= 15 is 0 Å². The molecule has 2 aromatic carbocycles. The van der Waals surface area contributed by atoms with Gasteiger partial charge in [-0.25, -0.2) is 8.42 Å². The van der Waals surface area contributed by atoms with Gasteiger partial charge in [0.2, 0.25) is 10.0 Å². The molecule has 0 spiro atoms. The number of thiocarbonyl (C=S) groups is 1. The summed E-state index contributed by atoms with van der Waals surface area (Å²) >= 11 is 11.8. The number of nitrogens with one attached hydrogen (secondary N) is 2. The number of halogens is 1. The van der Waals surface area contributed by atoms with Crippen LogP contribution >= 0.6 is 23.8 Å². The summed E-state index contributed by atoms with van der Waals surface area (Å²) in [5, 5.41) is 7.08. The van der Waals surface area contributed by atoms with Gasteiger partial charge in [-0.05, 0) is 73.3 Å². The summed E-state index contributed by atoms with van der Waals surface area (Å²) in [7, 11) is -3.62. The number of anilines is 2. The lowest BCUT2D eigenvalue weighted by Crippen LogP contribution is -2.40. The summed E-state index contributed by atoms with van der Waals surface area (Å²) < 4.78 is 32.6. The van der Waals surface area contributed by atoms with Crippen molar-refractivity contribution in [2.75, 3.05) is 36.9 Å². The topological polar surface area (TPSA) is 70.7 Å². The van der Waals surface area contributed by atoms with E-state index in [1.165, 1.54) is 40.4 Å². The average molecular weight is 466 g/mol. The summed E-state index contributed by atoms with van der Waals surface area (Å²) in [5.74, 6) is 0. The molecule has 0 saturated carbocycles. The van der Waals surface area contributed by atoms with Crippen LogP contribution in [0.15, 0.2) is 41.3 Å². The molecule has 0 bridgehead atoms. The van der Waals surface area contributed by atoms with E-state index in [1.807, 2.05) is 12.1 Å². The minimum atomic E-state index is -3.62. The Kier molecular flexibility index (Phi) is 6.60. The van der Waals surface area contributed by atoms with Crippen LogP contribution in [-0.2, 0) is 27.6 Å². The Morgan fingerprint density at radius 1 is 1.03 bits per heavy atom. The van der Waals surface area contributed by atoms with Crippen LogP contribution in [0.1, 0.15) is 24.0 Å². The molecule has 4 rings (SSSR count). The quantitative estimate of drug-likeness (QED) is 0.664. The predicted molar refractivity (Wildman–Crippen MR) is 124 cm³/mol. The normalized spacial score (nSPS) is 17.2. The fourth-order valence-electron chi connectivity index (χ4n) is 3.87. The highest BCUT2D eigenvalue weighted by atomic mass is 35.5. The Bertz CT molecular complexity index is 1050. The lowest BCUT2D eigenvalue weighted by molar-refractivity contribution is 0.0730. The number of hydrogen-bond acceptors (Lipinski definition) is 4. The number of nitrogens with zero attached hydrogens (tertiary/aromatic N) is 1. The monoisotopic (exact) mass is 465 g/mol. The van der Waals surface area contributed by atoms with Gasteiger partial charge in [-0.3, -0.25) is 0 Å². The van der Waals surface area contributed by atoms with Crippen LogP contribution in [0.25, 0.3) is 0 Å². The van der Waals surface area contributed by atoms with Gasteiger partial charge >= 0.3 is 0 Å². The molecule has 0 radical (unpaired) electrons. The molecule has 6 nitrogen and oxygen atoms in total. The largest absolute Gasteiger partial charge is 0.379 e. The molecule has 0 atom stereocenters. The van der Waals surface area contributed by atoms with Crippen molar-refractivity contribution in [3.63, 3.8) is 0 Å². The van der Waals surface area contributed by atoms with E-state index in [0.29, 0.717) is 42.1 Å². The maximum atomic E-state index is 12.9. The highest BCUT2D eigenvalue weighted by Gasteiger charge is 2.27. The molecule has 30 heavy (non-hydrogen) atoms. The Morgan fingerprint density at radius 3 is 2.57 bits per heavy atom. The number of benzene rings is 2. The summed E-state index contributed by atoms with van der Waals surface area (Å²) in [5.41, 5.74) is 4.08. The Labute approximate surface area is 187 Å². The third kappa shape index (κ3) is 4.63. The SMILES string of the molecule is O=S(=O)(c1ccc(Cl)c(NC(=S)Nc2cccc3c2CCCC3)c1)N1CCOCC1. The van der Waals surface area contributed by atoms with Gasteiger partial charge < -0.3 is 15.4 Å². The van der Waals surface area contributed by atoms with Gasteiger partial charge in [-0.1, -0.05) is 23.7 Å². The van der Waals surface area contributed by atoms with Crippen molar-refractivity contribution in [1.29, 1.82) is 0 Å².